The Bertz CT molecular complexity index is 619. The van der Waals surface area contributed by atoms with Gasteiger partial charge in [-0.2, -0.15) is 0 Å². The molecule has 0 aromatic heterocycles. The van der Waals surface area contributed by atoms with E-state index in [0.29, 0.717) is 6.54 Å². The molecule has 2 aromatic rings. The fourth-order valence-corrected chi connectivity index (χ4v) is 3.55. The number of hydrogen-bond donors (Lipinski definition) is 2. The molecule has 21 heavy (non-hydrogen) atoms. The predicted molar refractivity (Wildman–Crippen MR) is 89.3 cm³/mol. The Labute approximate surface area is 128 Å². The largest absolute Gasteiger partial charge is 0.370 e. The van der Waals surface area contributed by atoms with E-state index in [4.69, 9.17) is 11.5 Å². The normalized spacial score (nSPS) is 12.5. The molecule has 108 valence electrons. The summed E-state index contributed by atoms with van der Waals surface area (Å²) in [5.74, 6) is 0.157. The van der Waals surface area contributed by atoms with Crippen molar-refractivity contribution in [2.24, 2.45) is 16.5 Å². The van der Waals surface area contributed by atoms with Gasteiger partial charge in [-0.25, -0.2) is 0 Å². The second-order valence-corrected chi connectivity index (χ2v) is 5.93. The van der Waals surface area contributed by atoms with E-state index in [2.05, 4.69) is 58.4 Å². The highest BCUT2D eigenvalue weighted by molar-refractivity contribution is 7.99. The minimum Gasteiger partial charge on any atom is -0.370 e. The highest BCUT2D eigenvalue weighted by atomic mass is 32.2. The summed E-state index contributed by atoms with van der Waals surface area (Å²) in [5.41, 5.74) is 13.3. The van der Waals surface area contributed by atoms with Gasteiger partial charge in [-0.15, -0.1) is 0 Å². The Morgan fingerprint density at radius 1 is 0.952 bits per heavy atom. The smallest absolute Gasteiger partial charge is 0.185 e. The van der Waals surface area contributed by atoms with E-state index < -0.39 is 0 Å². The van der Waals surface area contributed by atoms with E-state index in [0.717, 1.165) is 13.0 Å². The molecule has 0 aliphatic carbocycles. The zero-order valence-electron chi connectivity index (χ0n) is 11.7. The average molecular weight is 298 g/mol. The first-order chi connectivity index (χ1) is 10.3. The van der Waals surface area contributed by atoms with Crippen LogP contribution in [0.1, 0.15) is 6.42 Å². The highest BCUT2D eigenvalue weighted by Crippen LogP contribution is 2.47. The van der Waals surface area contributed by atoms with Gasteiger partial charge in [0, 0.05) is 22.9 Å². The number of para-hydroxylation sites is 2. The number of nitrogens with two attached hydrogens (primary N) is 2. The van der Waals surface area contributed by atoms with Gasteiger partial charge in [-0.3, -0.25) is 4.99 Å². The Hall–Kier alpha value is -2.14. The standard InChI is InChI=1S/C16H18N4S/c17-16(18)19-10-5-11-20-12-6-1-3-8-14(12)21-15-9-4-2-7-13(15)20/h1-4,6-9H,5,10-11H2,(H4,17,18,19). The molecule has 1 heterocycles. The van der Waals surface area contributed by atoms with Crippen molar-refractivity contribution in [3.05, 3.63) is 48.5 Å². The molecule has 4 nitrogen and oxygen atoms in total. The first-order valence-corrected chi connectivity index (χ1v) is 7.76. The minimum absolute atomic E-state index is 0.157. The number of anilines is 2. The zero-order chi connectivity index (χ0) is 14.7. The lowest BCUT2D eigenvalue weighted by Gasteiger charge is -2.32. The van der Waals surface area contributed by atoms with Crippen LogP contribution in [0.25, 0.3) is 0 Å². The van der Waals surface area contributed by atoms with Crippen LogP contribution in [0.2, 0.25) is 0 Å². The van der Waals surface area contributed by atoms with Gasteiger partial charge < -0.3 is 16.4 Å². The van der Waals surface area contributed by atoms with Gasteiger partial charge in [0.2, 0.25) is 0 Å². The summed E-state index contributed by atoms with van der Waals surface area (Å²) in [5, 5.41) is 0. The van der Waals surface area contributed by atoms with Crippen LogP contribution in [-0.2, 0) is 0 Å². The number of fused-ring (bicyclic) bond motifs is 2. The summed E-state index contributed by atoms with van der Waals surface area (Å²) in [6.45, 7) is 1.54. The van der Waals surface area contributed by atoms with Crippen LogP contribution >= 0.6 is 11.8 Å². The molecule has 1 aliphatic heterocycles. The number of benzene rings is 2. The predicted octanol–water partition coefficient (Wildman–Crippen LogP) is 2.95. The van der Waals surface area contributed by atoms with Gasteiger partial charge in [-0.05, 0) is 30.7 Å². The Morgan fingerprint density at radius 2 is 1.52 bits per heavy atom. The van der Waals surface area contributed by atoms with Crippen LogP contribution in [-0.4, -0.2) is 19.0 Å². The fourth-order valence-electron chi connectivity index (χ4n) is 2.46. The molecule has 2 aromatic carbocycles. The number of aliphatic imine (C=N–C) groups is 1. The molecule has 1 aliphatic rings. The molecule has 0 saturated heterocycles. The van der Waals surface area contributed by atoms with Gasteiger partial charge in [0.15, 0.2) is 5.96 Å². The van der Waals surface area contributed by atoms with E-state index in [1.807, 2.05) is 11.8 Å². The molecular weight excluding hydrogens is 280 g/mol. The van der Waals surface area contributed by atoms with E-state index in [9.17, 15) is 0 Å². The van der Waals surface area contributed by atoms with Gasteiger partial charge in [0.05, 0.1) is 11.4 Å². The molecule has 4 N–H and O–H groups in total. The Kier molecular flexibility index (Phi) is 4.01. The van der Waals surface area contributed by atoms with Crippen molar-refractivity contribution in [1.82, 2.24) is 0 Å². The van der Waals surface area contributed by atoms with E-state index in [1.165, 1.54) is 21.2 Å². The Morgan fingerprint density at radius 3 is 2.10 bits per heavy atom. The number of guanidine groups is 1. The van der Waals surface area contributed by atoms with Crippen molar-refractivity contribution in [2.75, 3.05) is 18.0 Å². The molecule has 3 rings (SSSR count). The lowest BCUT2D eigenvalue weighted by molar-refractivity contribution is 0.806. The third-order valence-corrected chi connectivity index (χ3v) is 4.50. The van der Waals surface area contributed by atoms with Gasteiger partial charge in [0.1, 0.15) is 0 Å². The average Bonchev–Trinajstić information content (AvgIpc) is 2.50. The monoisotopic (exact) mass is 298 g/mol. The summed E-state index contributed by atoms with van der Waals surface area (Å²) < 4.78 is 0. The highest BCUT2D eigenvalue weighted by Gasteiger charge is 2.21. The maximum atomic E-state index is 5.38. The second kappa shape index (κ2) is 6.10. The van der Waals surface area contributed by atoms with Crippen LogP contribution in [0.4, 0.5) is 11.4 Å². The topological polar surface area (TPSA) is 67.6 Å². The van der Waals surface area contributed by atoms with Crippen molar-refractivity contribution in [3.8, 4) is 0 Å². The van der Waals surface area contributed by atoms with Gasteiger partial charge >= 0.3 is 0 Å². The first-order valence-electron chi connectivity index (χ1n) is 6.94. The van der Waals surface area contributed by atoms with Crippen molar-refractivity contribution >= 4 is 29.1 Å². The summed E-state index contributed by atoms with van der Waals surface area (Å²) in [4.78, 5) is 8.99. The maximum absolute atomic E-state index is 5.38. The van der Waals surface area contributed by atoms with E-state index in [-0.39, 0.29) is 5.96 Å². The molecular formula is C16H18N4S. The minimum atomic E-state index is 0.157. The van der Waals surface area contributed by atoms with Crippen molar-refractivity contribution in [3.63, 3.8) is 0 Å². The third kappa shape index (κ3) is 2.97. The lowest BCUT2D eigenvalue weighted by Crippen LogP contribution is -2.25. The summed E-state index contributed by atoms with van der Waals surface area (Å²) >= 11 is 1.82. The zero-order valence-corrected chi connectivity index (χ0v) is 12.5. The van der Waals surface area contributed by atoms with Crippen molar-refractivity contribution in [1.29, 1.82) is 0 Å². The summed E-state index contributed by atoms with van der Waals surface area (Å²) in [6, 6.07) is 17.0. The number of rotatable bonds is 4. The van der Waals surface area contributed by atoms with Crippen LogP contribution in [0.5, 0.6) is 0 Å². The van der Waals surface area contributed by atoms with Gasteiger partial charge in [-0.1, -0.05) is 36.0 Å². The molecule has 5 heteroatoms. The van der Waals surface area contributed by atoms with E-state index in [1.54, 1.807) is 0 Å². The van der Waals surface area contributed by atoms with Gasteiger partial charge in [0.25, 0.3) is 0 Å². The van der Waals surface area contributed by atoms with Crippen LogP contribution in [0.15, 0.2) is 63.3 Å². The van der Waals surface area contributed by atoms with Crippen molar-refractivity contribution in [2.45, 2.75) is 16.2 Å². The van der Waals surface area contributed by atoms with Crippen LogP contribution < -0.4 is 16.4 Å². The Balaban J connectivity index is 1.86. The molecule has 0 bridgehead atoms. The number of nitrogens with zero attached hydrogens (tertiary/aromatic N) is 2. The molecule has 0 saturated carbocycles. The molecule has 0 amide bonds. The molecule has 0 radical (unpaired) electrons. The SMILES string of the molecule is NC(N)=NCCCN1c2ccccc2Sc2ccccc21. The molecule has 0 spiro atoms. The first kappa shape index (κ1) is 13.8. The molecule has 0 atom stereocenters. The maximum Gasteiger partial charge on any atom is 0.185 e. The number of hydrogen-bond acceptors (Lipinski definition) is 3. The lowest BCUT2D eigenvalue weighted by atomic mass is 10.2. The third-order valence-electron chi connectivity index (χ3n) is 3.37. The quantitative estimate of drug-likeness (QED) is 0.517. The molecule has 0 unspecified atom stereocenters. The summed E-state index contributed by atoms with van der Waals surface area (Å²) in [6.07, 6.45) is 0.908. The summed E-state index contributed by atoms with van der Waals surface area (Å²) in [7, 11) is 0. The van der Waals surface area contributed by atoms with Crippen LogP contribution in [0.3, 0.4) is 0 Å². The molecule has 0 fully saturated rings. The van der Waals surface area contributed by atoms with E-state index >= 15 is 0 Å². The second-order valence-electron chi connectivity index (χ2n) is 4.85. The van der Waals surface area contributed by atoms with Crippen LogP contribution in [0, 0.1) is 0 Å². The fraction of sp³-hybridized carbons (Fsp3) is 0.188. The van der Waals surface area contributed by atoms with Crippen molar-refractivity contribution < 1.29 is 0 Å².